The molecule has 0 radical (unpaired) electrons. The normalized spacial score (nSPS) is 12.0. The number of carbonyl (C=O) groups excluding carboxylic acids is 1. The van der Waals surface area contributed by atoms with E-state index in [1.54, 1.807) is 0 Å². The second kappa shape index (κ2) is 5.83. The maximum Gasteiger partial charge on any atom is 0.338 e. The van der Waals surface area contributed by atoms with Crippen molar-refractivity contribution in [2.45, 2.75) is 26.8 Å². The summed E-state index contributed by atoms with van der Waals surface area (Å²) in [5, 5.41) is 11.6. The average Bonchev–Trinajstić information content (AvgIpc) is 2.87. The van der Waals surface area contributed by atoms with E-state index in [1.165, 1.54) is 6.07 Å². The molecule has 2 aromatic rings. The van der Waals surface area contributed by atoms with Gasteiger partial charge < -0.3 is 14.8 Å². The summed E-state index contributed by atoms with van der Waals surface area (Å²) in [6.45, 7) is 5.86. The van der Waals surface area contributed by atoms with Crippen molar-refractivity contribution in [2.75, 3.05) is 0 Å². The summed E-state index contributed by atoms with van der Waals surface area (Å²) in [7, 11) is 0. The zero-order valence-corrected chi connectivity index (χ0v) is 12.1. The van der Waals surface area contributed by atoms with E-state index in [-0.39, 0.29) is 17.4 Å². The number of furan rings is 1. The Hall–Kier alpha value is -2.56. The summed E-state index contributed by atoms with van der Waals surface area (Å²) in [5.41, 5.74) is 3.19. The maximum atomic E-state index is 12.0. The van der Waals surface area contributed by atoms with E-state index in [4.69, 9.17) is 9.52 Å². The van der Waals surface area contributed by atoms with Gasteiger partial charge in [-0.2, -0.15) is 0 Å². The van der Waals surface area contributed by atoms with Crippen LogP contribution in [0.3, 0.4) is 0 Å². The van der Waals surface area contributed by atoms with Crippen molar-refractivity contribution >= 4 is 11.9 Å². The Morgan fingerprint density at radius 1 is 1.14 bits per heavy atom. The third-order valence-corrected chi connectivity index (χ3v) is 3.16. The Morgan fingerprint density at radius 2 is 1.76 bits per heavy atom. The lowest BCUT2D eigenvalue weighted by molar-refractivity contribution is 0.0695. The Labute approximate surface area is 122 Å². The molecule has 0 aliphatic rings. The molecule has 1 heterocycles. The molecule has 5 nitrogen and oxygen atoms in total. The highest BCUT2D eigenvalue weighted by molar-refractivity contribution is 5.95. The minimum absolute atomic E-state index is 0.0105. The Bertz CT molecular complexity index is 667. The Kier molecular flexibility index (Phi) is 4.12. The fourth-order valence-electron chi connectivity index (χ4n) is 2.18. The number of hydrogen-bond acceptors (Lipinski definition) is 3. The van der Waals surface area contributed by atoms with Gasteiger partial charge in [0.2, 0.25) is 0 Å². The Balaban J connectivity index is 2.12. The van der Waals surface area contributed by atoms with Crippen molar-refractivity contribution in [3.05, 3.63) is 58.5 Å². The molecule has 0 spiro atoms. The molecule has 21 heavy (non-hydrogen) atoms. The first kappa shape index (κ1) is 14.8. The maximum absolute atomic E-state index is 12.0. The monoisotopic (exact) mass is 287 g/mol. The quantitative estimate of drug-likeness (QED) is 0.905. The molecule has 1 unspecified atom stereocenters. The van der Waals surface area contributed by atoms with E-state index in [0.717, 1.165) is 23.0 Å². The summed E-state index contributed by atoms with van der Waals surface area (Å²) in [5.74, 6) is -1.57. The van der Waals surface area contributed by atoms with Gasteiger partial charge in [-0.3, -0.25) is 4.79 Å². The molecule has 1 amide bonds. The van der Waals surface area contributed by atoms with Gasteiger partial charge in [-0.1, -0.05) is 29.3 Å². The molecule has 110 valence electrons. The standard InChI is InChI=1S/C16H17NO4/c1-9-4-10(2)6-12(5-9)11(3)17-15(18)14-7-13(8-21-14)16(19)20/h4-8,11H,1-3H3,(H,17,18)(H,19,20). The Morgan fingerprint density at radius 3 is 2.29 bits per heavy atom. The van der Waals surface area contributed by atoms with Crippen LogP contribution >= 0.6 is 0 Å². The third kappa shape index (κ3) is 3.51. The average molecular weight is 287 g/mol. The van der Waals surface area contributed by atoms with Crippen molar-refractivity contribution in [3.63, 3.8) is 0 Å². The van der Waals surface area contributed by atoms with Gasteiger partial charge in [0, 0.05) is 6.07 Å². The van der Waals surface area contributed by atoms with Gasteiger partial charge in [0.05, 0.1) is 11.6 Å². The molecule has 0 aliphatic heterocycles. The van der Waals surface area contributed by atoms with Gasteiger partial charge in [-0.05, 0) is 26.3 Å². The van der Waals surface area contributed by atoms with Gasteiger partial charge in [-0.25, -0.2) is 4.79 Å². The van der Waals surface area contributed by atoms with Crippen LogP contribution in [0.2, 0.25) is 0 Å². The van der Waals surface area contributed by atoms with E-state index in [9.17, 15) is 9.59 Å². The lowest BCUT2D eigenvalue weighted by Crippen LogP contribution is -2.26. The van der Waals surface area contributed by atoms with Gasteiger partial charge in [0.25, 0.3) is 5.91 Å². The fraction of sp³-hybridized carbons (Fsp3) is 0.250. The van der Waals surface area contributed by atoms with Crippen LogP contribution in [0, 0.1) is 13.8 Å². The van der Waals surface area contributed by atoms with Crippen LogP contribution in [0.15, 0.2) is 34.9 Å². The number of aryl methyl sites for hydroxylation is 2. The van der Waals surface area contributed by atoms with Crippen molar-refractivity contribution < 1.29 is 19.1 Å². The van der Waals surface area contributed by atoms with E-state index in [1.807, 2.05) is 32.9 Å². The van der Waals surface area contributed by atoms with Crippen molar-refractivity contribution in [2.24, 2.45) is 0 Å². The van der Waals surface area contributed by atoms with Gasteiger partial charge in [0.1, 0.15) is 6.26 Å². The molecule has 5 heteroatoms. The van der Waals surface area contributed by atoms with Crippen LogP contribution in [0.4, 0.5) is 0 Å². The number of benzene rings is 1. The molecule has 0 saturated heterocycles. The van der Waals surface area contributed by atoms with Crippen LogP contribution in [0.5, 0.6) is 0 Å². The second-order valence-corrected chi connectivity index (χ2v) is 5.12. The molecule has 0 saturated carbocycles. The van der Waals surface area contributed by atoms with E-state index < -0.39 is 11.9 Å². The predicted molar refractivity (Wildman–Crippen MR) is 77.5 cm³/mol. The molecule has 0 bridgehead atoms. The van der Waals surface area contributed by atoms with Crippen molar-refractivity contribution in [1.82, 2.24) is 5.32 Å². The van der Waals surface area contributed by atoms with Crippen molar-refractivity contribution in [3.8, 4) is 0 Å². The van der Waals surface area contributed by atoms with Gasteiger partial charge in [0.15, 0.2) is 5.76 Å². The number of rotatable bonds is 4. The number of carbonyl (C=O) groups is 2. The summed E-state index contributed by atoms with van der Waals surface area (Å²) < 4.78 is 4.98. The van der Waals surface area contributed by atoms with E-state index >= 15 is 0 Å². The number of hydrogen-bond donors (Lipinski definition) is 2. The van der Waals surface area contributed by atoms with Crippen LogP contribution in [0.25, 0.3) is 0 Å². The molecule has 0 aliphatic carbocycles. The van der Waals surface area contributed by atoms with E-state index in [2.05, 4.69) is 11.4 Å². The number of amides is 1. The first-order valence-electron chi connectivity index (χ1n) is 6.57. The van der Waals surface area contributed by atoms with Crippen LogP contribution in [-0.2, 0) is 0 Å². The molecular weight excluding hydrogens is 270 g/mol. The minimum atomic E-state index is -1.12. The number of aromatic carboxylic acids is 1. The third-order valence-electron chi connectivity index (χ3n) is 3.16. The highest BCUT2D eigenvalue weighted by Crippen LogP contribution is 2.17. The summed E-state index contributed by atoms with van der Waals surface area (Å²) in [4.78, 5) is 22.8. The van der Waals surface area contributed by atoms with Crippen molar-refractivity contribution in [1.29, 1.82) is 0 Å². The van der Waals surface area contributed by atoms with Gasteiger partial charge >= 0.3 is 5.97 Å². The molecular formula is C16H17NO4. The van der Waals surface area contributed by atoms with Crippen LogP contribution in [0.1, 0.15) is 50.6 Å². The molecule has 2 N–H and O–H groups in total. The summed E-state index contributed by atoms with van der Waals surface area (Å²) >= 11 is 0. The largest absolute Gasteiger partial charge is 0.478 e. The number of nitrogens with one attached hydrogen (secondary N) is 1. The van der Waals surface area contributed by atoms with Crippen LogP contribution in [-0.4, -0.2) is 17.0 Å². The highest BCUT2D eigenvalue weighted by atomic mass is 16.4. The zero-order chi connectivity index (χ0) is 15.6. The molecule has 1 atom stereocenters. The lowest BCUT2D eigenvalue weighted by Gasteiger charge is -2.15. The molecule has 1 aromatic heterocycles. The SMILES string of the molecule is Cc1cc(C)cc(C(C)NC(=O)c2cc(C(=O)O)co2)c1. The number of carboxylic acids is 1. The fourth-order valence-corrected chi connectivity index (χ4v) is 2.18. The summed E-state index contributed by atoms with van der Waals surface area (Å²) in [6, 6.07) is 7.08. The molecule has 0 fully saturated rings. The van der Waals surface area contributed by atoms with Gasteiger partial charge in [-0.15, -0.1) is 0 Å². The first-order valence-corrected chi connectivity index (χ1v) is 6.57. The zero-order valence-electron chi connectivity index (χ0n) is 12.1. The second-order valence-electron chi connectivity index (χ2n) is 5.12. The first-order chi connectivity index (χ1) is 9.86. The number of carboxylic acid groups (broad SMARTS) is 1. The molecule has 1 aromatic carbocycles. The minimum Gasteiger partial charge on any atom is -0.478 e. The topological polar surface area (TPSA) is 79.5 Å². The lowest BCUT2D eigenvalue weighted by atomic mass is 10.0. The van der Waals surface area contributed by atoms with Crippen LogP contribution < -0.4 is 5.32 Å². The predicted octanol–water partition coefficient (Wildman–Crippen LogP) is 3.09. The van der Waals surface area contributed by atoms with E-state index in [0.29, 0.717) is 0 Å². The highest BCUT2D eigenvalue weighted by Gasteiger charge is 2.17. The molecule has 2 rings (SSSR count). The smallest absolute Gasteiger partial charge is 0.338 e. The summed E-state index contributed by atoms with van der Waals surface area (Å²) in [6.07, 6.45) is 1.05.